The van der Waals surface area contributed by atoms with Gasteiger partial charge in [-0.3, -0.25) is 0 Å². The first-order valence-electron chi connectivity index (χ1n) is 5.79. The van der Waals surface area contributed by atoms with E-state index in [0.717, 1.165) is 5.56 Å². The van der Waals surface area contributed by atoms with Crippen LogP contribution in [-0.2, 0) is 10.2 Å². The third-order valence-corrected chi connectivity index (χ3v) is 4.54. The van der Waals surface area contributed by atoms with Gasteiger partial charge in [-0.1, -0.05) is 30.3 Å². The molecule has 1 aromatic rings. The molecule has 0 fully saturated rings. The number of aliphatic hydroxyl groups excluding tert-OH is 1. The molecule has 0 aliphatic rings. The van der Waals surface area contributed by atoms with E-state index in [1.54, 1.807) is 38.1 Å². The second-order valence-electron chi connectivity index (χ2n) is 4.38. The van der Waals surface area contributed by atoms with Gasteiger partial charge in [0.1, 0.15) is 0 Å². The number of hydrogen-bond acceptors (Lipinski definition) is 3. The van der Waals surface area contributed by atoms with Crippen molar-refractivity contribution in [2.24, 2.45) is 0 Å². The van der Waals surface area contributed by atoms with Gasteiger partial charge in [0.15, 0.2) is 0 Å². The van der Waals surface area contributed by atoms with Gasteiger partial charge < -0.3 is 5.11 Å². The van der Waals surface area contributed by atoms with E-state index in [2.05, 4.69) is 4.72 Å². The average Bonchev–Trinajstić information content (AvgIpc) is 2.36. The number of nitrogens with zero attached hydrogens (tertiary/aromatic N) is 1. The monoisotopic (exact) mass is 272 g/mol. The van der Waals surface area contributed by atoms with Gasteiger partial charge in [0.25, 0.3) is 10.2 Å². The zero-order valence-corrected chi connectivity index (χ0v) is 11.7. The van der Waals surface area contributed by atoms with E-state index in [9.17, 15) is 13.5 Å². The Morgan fingerprint density at radius 3 is 2.28 bits per heavy atom. The van der Waals surface area contributed by atoms with E-state index in [4.69, 9.17) is 0 Å². The van der Waals surface area contributed by atoms with E-state index >= 15 is 0 Å². The first-order chi connectivity index (χ1) is 8.38. The van der Waals surface area contributed by atoms with E-state index in [1.165, 1.54) is 11.4 Å². The second kappa shape index (κ2) is 6.29. The summed E-state index contributed by atoms with van der Waals surface area (Å²) in [7, 11) is -2.09. The van der Waals surface area contributed by atoms with Crippen LogP contribution in [0.2, 0.25) is 0 Å². The quantitative estimate of drug-likeness (QED) is 0.808. The summed E-state index contributed by atoms with van der Waals surface area (Å²) in [5.41, 5.74) is 0.737. The van der Waals surface area contributed by atoms with Gasteiger partial charge in [-0.15, -0.1) is 0 Å². The first-order valence-corrected chi connectivity index (χ1v) is 7.23. The van der Waals surface area contributed by atoms with Crippen molar-refractivity contribution in [1.82, 2.24) is 9.03 Å². The highest BCUT2D eigenvalue weighted by Gasteiger charge is 2.24. The van der Waals surface area contributed by atoms with Crippen molar-refractivity contribution >= 4 is 10.2 Å². The van der Waals surface area contributed by atoms with Gasteiger partial charge in [0.05, 0.1) is 12.6 Å². The number of rotatable bonds is 6. The smallest absolute Gasteiger partial charge is 0.280 e. The number of benzene rings is 1. The molecule has 0 spiro atoms. The molecule has 0 aliphatic heterocycles. The summed E-state index contributed by atoms with van der Waals surface area (Å²) in [6.45, 7) is 3.29. The fraction of sp³-hybridized carbons (Fsp3) is 0.500. The normalized spacial score (nSPS) is 14.1. The molecule has 0 unspecified atom stereocenters. The molecule has 1 atom stereocenters. The Morgan fingerprint density at radius 2 is 1.83 bits per heavy atom. The summed E-state index contributed by atoms with van der Waals surface area (Å²) >= 11 is 0. The molecule has 1 rings (SSSR count). The minimum Gasteiger partial charge on any atom is -0.394 e. The van der Waals surface area contributed by atoms with Crippen LogP contribution in [0.3, 0.4) is 0 Å². The van der Waals surface area contributed by atoms with Crippen LogP contribution in [0.25, 0.3) is 0 Å². The highest BCUT2D eigenvalue weighted by atomic mass is 32.2. The van der Waals surface area contributed by atoms with Crippen LogP contribution >= 0.6 is 0 Å². The molecule has 0 radical (unpaired) electrons. The summed E-state index contributed by atoms with van der Waals surface area (Å²) in [6.07, 6.45) is 0. The largest absolute Gasteiger partial charge is 0.394 e. The van der Waals surface area contributed by atoms with Crippen molar-refractivity contribution in [2.75, 3.05) is 13.7 Å². The second-order valence-corrected chi connectivity index (χ2v) is 6.14. The van der Waals surface area contributed by atoms with E-state index in [-0.39, 0.29) is 12.6 Å². The SMILES string of the molecule is CC(C)N(C)S(=O)(=O)N[C@H](CO)c1ccccc1. The molecule has 102 valence electrons. The predicted octanol–water partition coefficient (Wildman–Crippen LogP) is 0.895. The third kappa shape index (κ3) is 3.78. The standard InChI is InChI=1S/C12H20N2O3S/c1-10(2)14(3)18(16,17)13-12(9-15)11-7-5-4-6-8-11/h4-8,10,12-13,15H,9H2,1-3H3/t12-/m1/s1. The zero-order chi connectivity index (χ0) is 13.8. The molecule has 0 saturated carbocycles. The summed E-state index contributed by atoms with van der Waals surface area (Å²) in [5.74, 6) is 0. The molecule has 0 saturated heterocycles. The minimum absolute atomic E-state index is 0.141. The fourth-order valence-corrected chi connectivity index (χ4v) is 2.73. The summed E-state index contributed by atoms with van der Waals surface area (Å²) in [5, 5.41) is 9.32. The van der Waals surface area contributed by atoms with Crippen LogP contribution < -0.4 is 4.72 Å². The summed E-state index contributed by atoms with van der Waals surface area (Å²) in [6, 6.07) is 8.23. The zero-order valence-electron chi connectivity index (χ0n) is 10.9. The van der Waals surface area contributed by atoms with Crippen LogP contribution in [-0.4, -0.2) is 37.5 Å². The minimum atomic E-state index is -3.60. The number of hydrogen-bond donors (Lipinski definition) is 2. The van der Waals surface area contributed by atoms with Gasteiger partial charge >= 0.3 is 0 Å². The number of nitrogens with one attached hydrogen (secondary N) is 1. The molecule has 0 aromatic heterocycles. The van der Waals surface area contributed by atoms with Crippen molar-refractivity contribution in [1.29, 1.82) is 0 Å². The molecule has 5 nitrogen and oxygen atoms in total. The molecule has 2 N–H and O–H groups in total. The molecule has 0 aliphatic carbocycles. The lowest BCUT2D eigenvalue weighted by molar-refractivity contribution is 0.255. The van der Waals surface area contributed by atoms with Crippen molar-refractivity contribution in [3.05, 3.63) is 35.9 Å². The van der Waals surface area contributed by atoms with Gasteiger partial charge in [0, 0.05) is 13.1 Å². The van der Waals surface area contributed by atoms with Crippen LogP contribution in [0.5, 0.6) is 0 Å². The molecule has 0 heterocycles. The van der Waals surface area contributed by atoms with Gasteiger partial charge in [-0.2, -0.15) is 17.4 Å². The Labute approximate surface area is 109 Å². The lowest BCUT2D eigenvalue weighted by atomic mass is 10.1. The average molecular weight is 272 g/mol. The van der Waals surface area contributed by atoms with E-state index in [0.29, 0.717) is 0 Å². The fourth-order valence-electron chi connectivity index (χ4n) is 1.44. The van der Waals surface area contributed by atoms with E-state index in [1.807, 2.05) is 6.07 Å². The summed E-state index contributed by atoms with van der Waals surface area (Å²) in [4.78, 5) is 0. The molecule has 0 bridgehead atoms. The molecular formula is C12H20N2O3S. The maximum absolute atomic E-state index is 12.0. The Kier molecular flexibility index (Phi) is 5.28. The number of aliphatic hydroxyl groups is 1. The van der Waals surface area contributed by atoms with Crippen molar-refractivity contribution < 1.29 is 13.5 Å². The van der Waals surface area contributed by atoms with Crippen LogP contribution in [0.15, 0.2) is 30.3 Å². The molecule has 18 heavy (non-hydrogen) atoms. The van der Waals surface area contributed by atoms with Crippen molar-refractivity contribution in [3.8, 4) is 0 Å². The van der Waals surface area contributed by atoms with Gasteiger partial charge in [-0.05, 0) is 19.4 Å². The predicted molar refractivity (Wildman–Crippen MR) is 71.2 cm³/mol. The van der Waals surface area contributed by atoms with Crippen LogP contribution in [0.4, 0.5) is 0 Å². The summed E-state index contributed by atoms with van der Waals surface area (Å²) < 4.78 is 27.8. The lowest BCUT2D eigenvalue weighted by Gasteiger charge is -2.24. The Balaban J connectivity index is 2.88. The van der Waals surface area contributed by atoms with Crippen LogP contribution in [0.1, 0.15) is 25.5 Å². The molecule has 1 aromatic carbocycles. The molecular weight excluding hydrogens is 252 g/mol. The third-order valence-electron chi connectivity index (χ3n) is 2.78. The van der Waals surface area contributed by atoms with E-state index < -0.39 is 16.3 Å². The van der Waals surface area contributed by atoms with Gasteiger partial charge in [-0.25, -0.2) is 0 Å². The Bertz CT molecular complexity index is 459. The van der Waals surface area contributed by atoms with Crippen LogP contribution in [0, 0.1) is 0 Å². The lowest BCUT2D eigenvalue weighted by Crippen LogP contribution is -2.44. The first kappa shape index (κ1) is 15.1. The highest BCUT2D eigenvalue weighted by molar-refractivity contribution is 7.87. The maximum atomic E-state index is 12.0. The maximum Gasteiger partial charge on any atom is 0.280 e. The van der Waals surface area contributed by atoms with Gasteiger partial charge in [0.2, 0.25) is 0 Å². The Hall–Kier alpha value is -0.950. The van der Waals surface area contributed by atoms with Crippen molar-refractivity contribution in [2.45, 2.75) is 25.9 Å². The molecule has 0 amide bonds. The molecule has 6 heteroatoms. The Morgan fingerprint density at radius 1 is 1.28 bits per heavy atom. The topological polar surface area (TPSA) is 69.6 Å². The van der Waals surface area contributed by atoms with Crippen molar-refractivity contribution in [3.63, 3.8) is 0 Å². The highest BCUT2D eigenvalue weighted by Crippen LogP contribution is 2.14.